The van der Waals surface area contributed by atoms with E-state index in [0.717, 1.165) is 5.56 Å². The van der Waals surface area contributed by atoms with Gasteiger partial charge in [-0.2, -0.15) is 8.42 Å². The van der Waals surface area contributed by atoms with E-state index >= 15 is 0 Å². The third-order valence-electron chi connectivity index (χ3n) is 3.30. The van der Waals surface area contributed by atoms with Crippen molar-refractivity contribution in [2.75, 3.05) is 13.7 Å². The molecule has 0 aromatic heterocycles. The first-order valence-electron chi connectivity index (χ1n) is 7.11. The predicted octanol–water partition coefficient (Wildman–Crippen LogP) is 2.86. The minimum absolute atomic E-state index is 0.0889. The Kier molecular flexibility index (Phi) is 5.53. The highest BCUT2D eigenvalue weighted by Crippen LogP contribution is 2.27. The van der Waals surface area contributed by atoms with Crippen LogP contribution in [0.15, 0.2) is 47.4 Å². The molecule has 0 bridgehead atoms. The molecule has 0 saturated carbocycles. The first-order chi connectivity index (χ1) is 11.3. The molecule has 0 amide bonds. The molecule has 2 aromatic rings. The Bertz CT molecular complexity index is 830. The Balaban J connectivity index is 2.27. The molecule has 0 radical (unpaired) electrons. The molecule has 7 nitrogen and oxygen atoms in total. The Morgan fingerprint density at radius 3 is 2.38 bits per heavy atom. The molecule has 0 atom stereocenters. The summed E-state index contributed by atoms with van der Waals surface area (Å²) in [7, 11) is -2.71. The summed E-state index contributed by atoms with van der Waals surface area (Å²) >= 11 is 0. The largest absolute Gasteiger partial charge is 0.384 e. The van der Waals surface area contributed by atoms with E-state index in [4.69, 9.17) is 8.92 Å². The molecule has 0 N–H and O–H groups in total. The first-order valence-corrected chi connectivity index (χ1v) is 8.52. The van der Waals surface area contributed by atoms with Gasteiger partial charge >= 0.3 is 10.1 Å². The minimum Gasteiger partial charge on any atom is -0.384 e. The van der Waals surface area contributed by atoms with Crippen molar-refractivity contribution in [3.63, 3.8) is 0 Å². The number of ether oxygens (including phenoxy) is 1. The lowest BCUT2D eigenvalue weighted by Gasteiger charge is -2.09. The van der Waals surface area contributed by atoms with Crippen LogP contribution in [0.5, 0.6) is 5.75 Å². The number of rotatable bonds is 7. The average Bonchev–Trinajstić information content (AvgIpc) is 2.53. The van der Waals surface area contributed by atoms with Crippen LogP contribution < -0.4 is 4.18 Å². The lowest BCUT2D eigenvalue weighted by molar-refractivity contribution is -0.387. The second-order valence-electron chi connectivity index (χ2n) is 5.15. The topological polar surface area (TPSA) is 95.7 Å². The van der Waals surface area contributed by atoms with Gasteiger partial charge in [0, 0.05) is 13.2 Å². The van der Waals surface area contributed by atoms with Gasteiger partial charge in [0.15, 0.2) is 4.90 Å². The molecule has 0 fully saturated rings. The van der Waals surface area contributed by atoms with Crippen molar-refractivity contribution in [2.45, 2.75) is 18.2 Å². The number of benzene rings is 2. The van der Waals surface area contributed by atoms with Crippen LogP contribution in [0.3, 0.4) is 0 Å². The summed E-state index contributed by atoms with van der Waals surface area (Å²) in [5, 5.41) is 11.1. The van der Waals surface area contributed by atoms with E-state index < -0.39 is 25.6 Å². The molecule has 2 aromatic carbocycles. The predicted molar refractivity (Wildman–Crippen MR) is 87.7 cm³/mol. The fourth-order valence-corrected chi connectivity index (χ4v) is 3.16. The highest BCUT2D eigenvalue weighted by Gasteiger charge is 2.27. The van der Waals surface area contributed by atoms with Crippen LogP contribution in [-0.2, 0) is 21.3 Å². The van der Waals surface area contributed by atoms with Crippen LogP contribution in [0.4, 0.5) is 5.69 Å². The van der Waals surface area contributed by atoms with E-state index in [-0.39, 0.29) is 5.75 Å². The second kappa shape index (κ2) is 7.41. The second-order valence-corrected chi connectivity index (χ2v) is 6.67. The molecule has 0 saturated heterocycles. The Labute approximate surface area is 140 Å². The number of aryl methyl sites for hydroxylation is 1. The Hall–Kier alpha value is -2.45. The number of hydrogen-bond acceptors (Lipinski definition) is 6. The maximum absolute atomic E-state index is 12.3. The summed E-state index contributed by atoms with van der Waals surface area (Å²) in [6, 6.07) is 10.3. The maximum atomic E-state index is 12.3. The van der Waals surface area contributed by atoms with Gasteiger partial charge in [0.2, 0.25) is 0 Å². The van der Waals surface area contributed by atoms with E-state index in [2.05, 4.69) is 0 Å². The van der Waals surface area contributed by atoms with Crippen molar-refractivity contribution in [2.24, 2.45) is 0 Å². The van der Waals surface area contributed by atoms with Crippen molar-refractivity contribution in [3.8, 4) is 5.75 Å². The fourth-order valence-electron chi connectivity index (χ4n) is 2.08. The maximum Gasteiger partial charge on any atom is 0.346 e. The van der Waals surface area contributed by atoms with Crippen LogP contribution in [0, 0.1) is 17.0 Å². The van der Waals surface area contributed by atoms with Crippen LogP contribution in [-0.4, -0.2) is 27.1 Å². The number of nitro benzene ring substituents is 1. The quantitative estimate of drug-likeness (QED) is 0.432. The van der Waals surface area contributed by atoms with Crippen molar-refractivity contribution in [1.29, 1.82) is 0 Å². The molecule has 0 aliphatic carbocycles. The summed E-state index contributed by atoms with van der Waals surface area (Å²) in [5.74, 6) is 0.0889. The molecular formula is C16H17NO6S. The third-order valence-corrected chi connectivity index (χ3v) is 4.60. The first kappa shape index (κ1) is 17.9. The van der Waals surface area contributed by atoms with Gasteiger partial charge in [-0.3, -0.25) is 10.1 Å². The van der Waals surface area contributed by atoms with Crippen LogP contribution in [0.25, 0.3) is 0 Å². The summed E-state index contributed by atoms with van der Waals surface area (Å²) in [6.07, 6.45) is 0.687. The highest BCUT2D eigenvalue weighted by molar-refractivity contribution is 7.87. The summed E-state index contributed by atoms with van der Waals surface area (Å²) < 4.78 is 34.7. The lowest BCUT2D eigenvalue weighted by atomic mass is 10.1. The smallest absolute Gasteiger partial charge is 0.346 e. The van der Waals surface area contributed by atoms with Crippen LogP contribution in [0.2, 0.25) is 0 Å². The summed E-state index contributed by atoms with van der Waals surface area (Å²) in [6.45, 7) is 2.19. The molecule has 0 heterocycles. The zero-order valence-electron chi connectivity index (χ0n) is 13.3. The SMILES string of the molecule is COCCc1ccc(OS(=O)(=O)c2ccc(C)cc2[N+](=O)[O-])cc1. The zero-order chi connectivity index (χ0) is 17.7. The molecule has 0 spiro atoms. The number of nitrogens with zero attached hydrogens (tertiary/aromatic N) is 1. The van der Waals surface area contributed by atoms with Gasteiger partial charge in [0.25, 0.3) is 5.69 Å². The molecule has 0 aliphatic rings. The third kappa shape index (κ3) is 4.30. The monoisotopic (exact) mass is 351 g/mol. The molecular weight excluding hydrogens is 334 g/mol. The molecule has 0 unspecified atom stereocenters. The van der Waals surface area contributed by atoms with Crippen molar-refractivity contribution < 1.29 is 22.3 Å². The van der Waals surface area contributed by atoms with Gasteiger partial charge < -0.3 is 8.92 Å². The van der Waals surface area contributed by atoms with Crippen molar-refractivity contribution in [1.82, 2.24) is 0 Å². The summed E-state index contributed by atoms with van der Waals surface area (Å²) in [5.41, 5.74) is 1.04. The van der Waals surface area contributed by atoms with Gasteiger partial charge in [-0.1, -0.05) is 18.2 Å². The molecule has 0 aliphatic heterocycles. The highest BCUT2D eigenvalue weighted by atomic mass is 32.2. The number of methoxy groups -OCH3 is 1. The Morgan fingerprint density at radius 2 is 1.79 bits per heavy atom. The van der Waals surface area contributed by atoms with E-state index in [1.807, 2.05) is 0 Å². The molecule has 128 valence electrons. The van der Waals surface area contributed by atoms with Crippen LogP contribution in [0.1, 0.15) is 11.1 Å². The van der Waals surface area contributed by atoms with E-state index in [1.54, 1.807) is 26.2 Å². The van der Waals surface area contributed by atoms with Gasteiger partial charge in [0.1, 0.15) is 5.75 Å². The van der Waals surface area contributed by atoms with Gasteiger partial charge in [0.05, 0.1) is 11.5 Å². The van der Waals surface area contributed by atoms with E-state index in [9.17, 15) is 18.5 Å². The normalized spacial score (nSPS) is 11.2. The van der Waals surface area contributed by atoms with Gasteiger partial charge in [-0.15, -0.1) is 0 Å². The Morgan fingerprint density at radius 1 is 1.12 bits per heavy atom. The lowest BCUT2D eigenvalue weighted by Crippen LogP contribution is -2.12. The zero-order valence-corrected chi connectivity index (χ0v) is 14.1. The van der Waals surface area contributed by atoms with Crippen LogP contribution >= 0.6 is 0 Å². The fraction of sp³-hybridized carbons (Fsp3) is 0.250. The van der Waals surface area contributed by atoms with E-state index in [1.165, 1.54) is 30.3 Å². The molecule has 2 rings (SSSR count). The number of hydrogen-bond donors (Lipinski definition) is 0. The summed E-state index contributed by atoms with van der Waals surface area (Å²) in [4.78, 5) is 9.88. The van der Waals surface area contributed by atoms with Crippen molar-refractivity contribution >= 4 is 15.8 Å². The molecule has 24 heavy (non-hydrogen) atoms. The van der Waals surface area contributed by atoms with Gasteiger partial charge in [-0.25, -0.2) is 0 Å². The standard InChI is InChI=1S/C16H17NO6S/c1-12-3-8-16(15(11-12)17(18)19)24(20,21)23-14-6-4-13(5-7-14)9-10-22-2/h3-8,11H,9-10H2,1-2H3. The molecule has 8 heteroatoms. The van der Waals surface area contributed by atoms with Crippen molar-refractivity contribution in [3.05, 3.63) is 63.7 Å². The van der Waals surface area contributed by atoms with E-state index in [0.29, 0.717) is 18.6 Å². The number of nitro groups is 1. The minimum atomic E-state index is -4.30. The average molecular weight is 351 g/mol. The van der Waals surface area contributed by atoms with Gasteiger partial charge in [-0.05, 0) is 42.7 Å².